The Hall–Kier alpha value is -3.51. The van der Waals surface area contributed by atoms with Crippen molar-refractivity contribution in [2.75, 3.05) is 12.4 Å². The highest BCUT2D eigenvalue weighted by atomic mass is 35.5. The molecule has 29 heavy (non-hydrogen) atoms. The zero-order valence-corrected chi connectivity index (χ0v) is 16.3. The number of imide groups is 1. The maximum atomic E-state index is 13.2. The smallest absolute Gasteiger partial charge is 0.278 e. The summed E-state index contributed by atoms with van der Waals surface area (Å²) in [6.45, 7) is 0.0405. The van der Waals surface area contributed by atoms with E-state index in [4.69, 9.17) is 20.8 Å². The van der Waals surface area contributed by atoms with Gasteiger partial charge in [-0.2, -0.15) is 0 Å². The molecule has 2 aromatic carbocycles. The average molecular weight is 409 g/mol. The van der Waals surface area contributed by atoms with E-state index in [0.717, 1.165) is 4.90 Å². The van der Waals surface area contributed by atoms with Crippen LogP contribution in [0.3, 0.4) is 0 Å². The number of rotatable bonds is 6. The second kappa shape index (κ2) is 7.85. The average Bonchev–Trinajstić information content (AvgIpc) is 3.32. The Morgan fingerprint density at radius 1 is 1.00 bits per heavy atom. The molecule has 0 bridgehead atoms. The van der Waals surface area contributed by atoms with E-state index in [0.29, 0.717) is 27.8 Å². The number of benzene rings is 2. The number of halogens is 1. The summed E-state index contributed by atoms with van der Waals surface area (Å²) >= 11 is 5.99. The summed E-state index contributed by atoms with van der Waals surface area (Å²) in [6, 6.07) is 17.4. The lowest BCUT2D eigenvalue weighted by Gasteiger charge is -2.14. The van der Waals surface area contributed by atoms with Crippen LogP contribution in [0.5, 0.6) is 5.75 Å². The fourth-order valence-electron chi connectivity index (χ4n) is 3.16. The van der Waals surface area contributed by atoms with Gasteiger partial charge in [0.25, 0.3) is 11.8 Å². The Bertz CT molecular complexity index is 1090. The first kappa shape index (κ1) is 18.8. The van der Waals surface area contributed by atoms with E-state index < -0.39 is 11.8 Å². The van der Waals surface area contributed by atoms with Crippen molar-refractivity contribution in [3.05, 3.63) is 89.0 Å². The third kappa shape index (κ3) is 3.62. The minimum absolute atomic E-state index is 0.0405. The van der Waals surface area contributed by atoms with Gasteiger partial charge in [0.2, 0.25) is 0 Å². The number of nitrogens with zero attached hydrogens (tertiary/aromatic N) is 1. The number of carbonyl (C=O) groups excluding carboxylic acids is 2. The van der Waals surface area contributed by atoms with Gasteiger partial charge < -0.3 is 14.5 Å². The van der Waals surface area contributed by atoms with Crippen LogP contribution in [0.2, 0.25) is 5.02 Å². The number of carbonyl (C=O) groups is 2. The first-order valence-electron chi connectivity index (χ1n) is 8.87. The summed E-state index contributed by atoms with van der Waals surface area (Å²) in [4.78, 5) is 27.5. The Balaban J connectivity index is 1.77. The number of furan rings is 1. The van der Waals surface area contributed by atoms with Crippen LogP contribution < -0.4 is 10.1 Å². The topological polar surface area (TPSA) is 71.8 Å². The summed E-state index contributed by atoms with van der Waals surface area (Å²) in [7, 11) is 1.54. The van der Waals surface area contributed by atoms with Crippen molar-refractivity contribution in [3.8, 4) is 5.75 Å². The third-order valence-corrected chi connectivity index (χ3v) is 4.81. The zero-order chi connectivity index (χ0) is 20.4. The maximum absolute atomic E-state index is 13.2. The number of anilines is 1. The largest absolute Gasteiger partial charge is 0.495 e. The van der Waals surface area contributed by atoms with Crippen molar-refractivity contribution in [2.24, 2.45) is 0 Å². The van der Waals surface area contributed by atoms with Crippen LogP contribution in [0, 0.1) is 0 Å². The molecule has 1 aliphatic heterocycles. The highest BCUT2D eigenvalue weighted by Gasteiger charge is 2.39. The fraction of sp³-hybridized carbons (Fsp3) is 0.0909. The fourth-order valence-corrected chi connectivity index (χ4v) is 3.29. The van der Waals surface area contributed by atoms with Crippen molar-refractivity contribution < 1.29 is 18.7 Å². The molecule has 4 rings (SSSR count). The van der Waals surface area contributed by atoms with E-state index in [2.05, 4.69) is 5.32 Å². The summed E-state index contributed by atoms with van der Waals surface area (Å²) in [5.74, 6) is 0.217. The molecule has 1 aromatic heterocycles. The van der Waals surface area contributed by atoms with E-state index in [-0.39, 0.29) is 17.8 Å². The molecule has 1 aliphatic rings. The molecule has 7 heteroatoms. The molecule has 0 radical (unpaired) electrons. The van der Waals surface area contributed by atoms with Crippen LogP contribution in [-0.2, 0) is 16.1 Å². The van der Waals surface area contributed by atoms with Crippen LogP contribution in [0.15, 0.2) is 77.0 Å². The highest BCUT2D eigenvalue weighted by Crippen LogP contribution is 2.34. The van der Waals surface area contributed by atoms with Crippen molar-refractivity contribution in [2.45, 2.75) is 6.54 Å². The minimum Gasteiger partial charge on any atom is -0.495 e. The lowest BCUT2D eigenvalue weighted by Crippen LogP contribution is -2.31. The van der Waals surface area contributed by atoms with Gasteiger partial charge in [-0.15, -0.1) is 0 Å². The van der Waals surface area contributed by atoms with Gasteiger partial charge in [0, 0.05) is 5.02 Å². The Morgan fingerprint density at radius 2 is 1.76 bits per heavy atom. The molecule has 146 valence electrons. The molecule has 1 N–H and O–H groups in total. The molecule has 0 saturated carbocycles. The summed E-state index contributed by atoms with van der Waals surface area (Å²) in [6.07, 6.45) is 1.50. The second-order valence-corrected chi connectivity index (χ2v) is 6.79. The van der Waals surface area contributed by atoms with E-state index >= 15 is 0 Å². The number of ether oxygens (including phenoxy) is 1. The van der Waals surface area contributed by atoms with Gasteiger partial charge in [0.05, 0.1) is 31.2 Å². The number of hydrogen-bond acceptors (Lipinski definition) is 5. The lowest BCUT2D eigenvalue weighted by molar-refractivity contribution is -0.137. The van der Waals surface area contributed by atoms with Gasteiger partial charge >= 0.3 is 0 Å². The molecule has 0 spiro atoms. The number of para-hydroxylation sites is 2. The minimum atomic E-state index is -0.442. The molecule has 0 atom stereocenters. The maximum Gasteiger partial charge on any atom is 0.278 e. The van der Waals surface area contributed by atoms with Crippen LogP contribution in [0.1, 0.15) is 11.3 Å². The zero-order valence-electron chi connectivity index (χ0n) is 15.5. The van der Waals surface area contributed by atoms with Crippen LogP contribution in [0.25, 0.3) is 5.57 Å². The molecule has 3 aromatic rings. The predicted octanol–water partition coefficient (Wildman–Crippen LogP) is 4.33. The molecule has 0 aliphatic carbocycles. The van der Waals surface area contributed by atoms with Crippen molar-refractivity contribution in [3.63, 3.8) is 0 Å². The van der Waals surface area contributed by atoms with Crippen LogP contribution in [0.4, 0.5) is 5.69 Å². The van der Waals surface area contributed by atoms with Crippen LogP contribution >= 0.6 is 11.6 Å². The van der Waals surface area contributed by atoms with Gasteiger partial charge in [-0.3, -0.25) is 14.5 Å². The lowest BCUT2D eigenvalue weighted by atomic mass is 10.0. The summed E-state index contributed by atoms with van der Waals surface area (Å²) in [5.41, 5.74) is 1.61. The van der Waals surface area contributed by atoms with Gasteiger partial charge in [0.1, 0.15) is 17.2 Å². The van der Waals surface area contributed by atoms with Crippen molar-refractivity contribution >= 4 is 34.7 Å². The summed E-state index contributed by atoms with van der Waals surface area (Å²) in [5, 5.41) is 3.63. The molecule has 2 heterocycles. The Labute approximate surface area is 172 Å². The Morgan fingerprint density at radius 3 is 2.45 bits per heavy atom. The number of nitrogens with one attached hydrogen (secondary N) is 1. The number of hydrogen-bond donors (Lipinski definition) is 1. The van der Waals surface area contributed by atoms with E-state index in [1.807, 2.05) is 12.1 Å². The first-order chi connectivity index (χ1) is 14.1. The SMILES string of the molecule is COc1ccccc1NC1=C(c2ccc(Cl)cc2)C(=O)N(Cc2ccco2)C1=O. The molecule has 0 saturated heterocycles. The highest BCUT2D eigenvalue weighted by molar-refractivity contribution is 6.36. The number of methoxy groups -OCH3 is 1. The molecule has 6 nitrogen and oxygen atoms in total. The normalized spacial score (nSPS) is 13.9. The van der Waals surface area contributed by atoms with E-state index in [9.17, 15) is 9.59 Å². The van der Waals surface area contributed by atoms with Crippen molar-refractivity contribution in [1.29, 1.82) is 0 Å². The molecule has 0 fully saturated rings. The standard InChI is InChI=1S/C22H17ClN2O4/c1-28-18-7-3-2-6-17(18)24-20-19(14-8-10-15(23)11-9-14)21(26)25(22(20)27)13-16-5-4-12-29-16/h2-12,24H,13H2,1H3. The second-order valence-electron chi connectivity index (χ2n) is 6.36. The van der Waals surface area contributed by atoms with E-state index in [1.165, 1.54) is 6.26 Å². The first-order valence-corrected chi connectivity index (χ1v) is 9.25. The third-order valence-electron chi connectivity index (χ3n) is 4.56. The van der Waals surface area contributed by atoms with Crippen LogP contribution in [-0.4, -0.2) is 23.8 Å². The van der Waals surface area contributed by atoms with Gasteiger partial charge in [-0.1, -0.05) is 35.9 Å². The molecule has 2 amide bonds. The molecular weight excluding hydrogens is 392 g/mol. The Kier molecular flexibility index (Phi) is 5.10. The predicted molar refractivity (Wildman–Crippen MR) is 109 cm³/mol. The number of amides is 2. The summed E-state index contributed by atoms with van der Waals surface area (Å²) < 4.78 is 10.7. The van der Waals surface area contributed by atoms with Gasteiger partial charge in [0.15, 0.2) is 0 Å². The van der Waals surface area contributed by atoms with Gasteiger partial charge in [-0.05, 0) is 42.0 Å². The van der Waals surface area contributed by atoms with E-state index in [1.54, 1.807) is 55.6 Å². The van der Waals surface area contributed by atoms with Gasteiger partial charge in [-0.25, -0.2) is 0 Å². The molecular formula is C22H17ClN2O4. The monoisotopic (exact) mass is 408 g/mol. The molecule has 0 unspecified atom stereocenters. The van der Waals surface area contributed by atoms with Crippen molar-refractivity contribution in [1.82, 2.24) is 4.90 Å². The quantitative estimate of drug-likeness (QED) is 0.614.